The van der Waals surface area contributed by atoms with Crippen LogP contribution in [0.4, 0.5) is 0 Å². The number of allylic oxidation sites excluding steroid dienone is 1. The Morgan fingerprint density at radius 2 is 1.56 bits per heavy atom. The van der Waals surface area contributed by atoms with Gasteiger partial charge in [-0.3, -0.25) is 9.10 Å². The minimum Gasteiger partial charge on any atom is -0.505 e. The fraction of sp³-hybridized carbons (Fsp3) is 0.0385. The molecule has 34 heavy (non-hydrogen) atoms. The summed E-state index contributed by atoms with van der Waals surface area (Å²) in [5, 5.41) is 12.5. The lowest BCUT2D eigenvalue weighted by Gasteiger charge is -2.28. The zero-order valence-electron chi connectivity index (χ0n) is 17.8. The third kappa shape index (κ3) is 2.75. The molecule has 0 saturated heterocycles. The third-order valence-electron chi connectivity index (χ3n) is 6.01. The Morgan fingerprint density at radius 1 is 0.882 bits per heavy atom. The van der Waals surface area contributed by atoms with Crippen molar-refractivity contribution in [2.24, 2.45) is 0 Å². The van der Waals surface area contributed by atoms with Crippen LogP contribution in [0.1, 0.15) is 16.1 Å². The number of aliphatic hydroxyl groups excluding tert-OH is 1. The number of fused-ring (bicyclic) bond motifs is 3. The summed E-state index contributed by atoms with van der Waals surface area (Å²) in [6, 6.07) is 22.3. The predicted octanol–water partition coefficient (Wildman–Crippen LogP) is 5.59. The largest absolute Gasteiger partial charge is 0.505 e. The molecule has 5 aromatic rings. The Hall–Kier alpha value is -4.30. The van der Waals surface area contributed by atoms with Gasteiger partial charge in [0.05, 0.1) is 10.5 Å². The van der Waals surface area contributed by atoms with Crippen LogP contribution in [-0.2, 0) is 10.0 Å². The van der Waals surface area contributed by atoms with Gasteiger partial charge in [0.1, 0.15) is 22.6 Å². The zero-order chi connectivity index (χ0) is 23.6. The summed E-state index contributed by atoms with van der Waals surface area (Å²) in [4.78, 5) is 13.8. The maximum Gasteiger partial charge on any atom is 0.265 e. The van der Waals surface area contributed by atoms with Crippen LogP contribution in [0.3, 0.4) is 0 Å². The van der Waals surface area contributed by atoms with Crippen molar-refractivity contribution in [2.75, 3.05) is 7.05 Å². The van der Waals surface area contributed by atoms with Crippen molar-refractivity contribution >= 4 is 43.5 Å². The van der Waals surface area contributed by atoms with Crippen LogP contribution in [-0.4, -0.2) is 30.7 Å². The Labute approximate surface area is 194 Å². The molecule has 0 aliphatic carbocycles. The van der Waals surface area contributed by atoms with E-state index in [2.05, 4.69) is 0 Å². The lowest BCUT2D eigenvalue weighted by atomic mass is 10.0. The molecule has 0 unspecified atom stereocenters. The molecule has 1 N–H and O–H groups in total. The second-order valence-electron chi connectivity index (χ2n) is 7.95. The Kier molecular flexibility index (Phi) is 4.24. The average Bonchev–Trinajstić information content (AvgIpc) is 3.44. The lowest BCUT2D eigenvalue weighted by molar-refractivity contribution is 0.0986. The van der Waals surface area contributed by atoms with Crippen LogP contribution in [0.25, 0.3) is 39.0 Å². The number of rotatable bonds is 3. The number of aliphatic hydroxyl groups is 1. The summed E-state index contributed by atoms with van der Waals surface area (Å²) in [7, 11) is -2.82. The van der Waals surface area contributed by atoms with E-state index in [4.69, 9.17) is 8.83 Å². The molecule has 0 spiro atoms. The monoisotopic (exact) mass is 471 g/mol. The van der Waals surface area contributed by atoms with Gasteiger partial charge in [-0.15, -0.1) is 0 Å². The molecule has 8 heteroatoms. The molecule has 168 valence electrons. The molecule has 6 rings (SSSR count). The summed E-state index contributed by atoms with van der Waals surface area (Å²) in [6.45, 7) is 0. The van der Waals surface area contributed by atoms with Crippen molar-refractivity contribution in [3.63, 3.8) is 0 Å². The number of ketones is 1. The van der Waals surface area contributed by atoms with Gasteiger partial charge in [-0.1, -0.05) is 48.5 Å². The number of benzene rings is 3. The van der Waals surface area contributed by atoms with Crippen molar-refractivity contribution < 1.29 is 27.2 Å². The maximum absolute atomic E-state index is 13.8. The van der Waals surface area contributed by atoms with E-state index in [1.807, 2.05) is 30.3 Å². The van der Waals surface area contributed by atoms with Gasteiger partial charge in [-0.05, 0) is 30.3 Å². The highest BCUT2D eigenvalue weighted by Gasteiger charge is 2.40. The van der Waals surface area contributed by atoms with E-state index in [1.54, 1.807) is 36.4 Å². The molecule has 1 aliphatic heterocycles. The highest BCUT2D eigenvalue weighted by Crippen LogP contribution is 2.41. The van der Waals surface area contributed by atoms with Crippen molar-refractivity contribution in [1.29, 1.82) is 0 Å². The minimum atomic E-state index is -4.05. The molecule has 1 aliphatic rings. The predicted molar refractivity (Wildman–Crippen MR) is 127 cm³/mol. The van der Waals surface area contributed by atoms with Crippen LogP contribution in [0.2, 0.25) is 0 Å². The summed E-state index contributed by atoms with van der Waals surface area (Å²) in [6.07, 6.45) is 0. The molecular weight excluding hydrogens is 454 g/mol. The summed E-state index contributed by atoms with van der Waals surface area (Å²) in [5.41, 5.74) is 1.12. The van der Waals surface area contributed by atoms with Gasteiger partial charge in [0, 0.05) is 23.4 Å². The molecule has 0 radical (unpaired) electrons. The summed E-state index contributed by atoms with van der Waals surface area (Å²) < 4.78 is 39.0. The molecule has 0 atom stereocenters. The van der Waals surface area contributed by atoms with Gasteiger partial charge < -0.3 is 13.9 Å². The third-order valence-corrected chi connectivity index (χ3v) is 7.82. The van der Waals surface area contributed by atoms with Crippen LogP contribution in [0.15, 0.2) is 98.3 Å². The number of hydrogen-bond donors (Lipinski definition) is 1. The van der Waals surface area contributed by atoms with Gasteiger partial charge in [0.2, 0.25) is 5.78 Å². The number of nitrogens with zero attached hydrogens (tertiary/aromatic N) is 1. The molecule has 7 nitrogen and oxygen atoms in total. The van der Waals surface area contributed by atoms with Crippen LogP contribution < -0.4 is 0 Å². The minimum absolute atomic E-state index is 0.0605. The molecule has 0 amide bonds. The van der Waals surface area contributed by atoms with Crippen molar-refractivity contribution in [3.8, 4) is 11.3 Å². The van der Waals surface area contributed by atoms with Gasteiger partial charge >= 0.3 is 0 Å². The van der Waals surface area contributed by atoms with E-state index in [-0.39, 0.29) is 16.2 Å². The second-order valence-corrected chi connectivity index (χ2v) is 9.88. The number of likely N-dealkylation sites (N-methyl/N-ethyl adjacent to an activating group) is 1. The fourth-order valence-electron chi connectivity index (χ4n) is 4.34. The van der Waals surface area contributed by atoms with Crippen molar-refractivity contribution in [1.82, 2.24) is 4.31 Å². The number of carbonyl (C=O) groups excluding carboxylic acids is 1. The first-order chi connectivity index (χ1) is 16.4. The Bertz CT molecular complexity index is 1740. The van der Waals surface area contributed by atoms with E-state index < -0.39 is 27.3 Å². The van der Waals surface area contributed by atoms with Crippen LogP contribution in [0, 0.1) is 0 Å². The number of hydrogen-bond acceptors (Lipinski definition) is 6. The van der Waals surface area contributed by atoms with Crippen LogP contribution in [0.5, 0.6) is 0 Å². The fourth-order valence-corrected chi connectivity index (χ4v) is 5.74. The molecule has 3 heterocycles. The van der Waals surface area contributed by atoms with E-state index in [0.29, 0.717) is 27.9 Å². The first-order valence-electron chi connectivity index (χ1n) is 10.4. The maximum atomic E-state index is 13.8. The number of carbonyl (C=O) groups is 1. The van der Waals surface area contributed by atoms with E-state index in [1.165, 1.54) is 19.2 Å². The zero-order valence-corrected chi connectivity index (χ0v) is 18.7. The first-order valence-corrected chi connectivity index (χ1v) is 11.9. The average molecular weight is 471 g/mol. The SMILES string of the molecule is CN1C(C(=O)c2oc3ccccc3c2-c2cc3ccccc3o2)=C(O)c2ccccc2S1(=O)=O. The molecule has 0 bridgehead atoms. The molecule has 0 fully saturated rings. The Balaban J connectivity index is 1.62. The first kappa shape index (κ1) is 20.3. The number of sulfonamides is 1. The van der Waals surface area contributed by atoms with Gasteiger partial charge in [-0.2, -0.15) is 0 Å². The second kappa shape index (κ2) is 7.10. The van der Waals surface area contributed by atoms with E-state index in [0.717, 1.165) is 9.69 Å². The topological polar surface area (TPSA) is 101 Å². The Morgan fingerprint density at radius 3 is 2.35 bits per heavy atom. The van der Waals surface area contributed by atoms with Gasteiger partial charge in [-0.25, -0.2) is 8.42 Å². The smallest absolute Gasteiger partial charge is 0.265 e. The normalized spacial score (nSPS) is 15.1. The van der Waals surface area contributed by atoms with Crippen molar-refractivity contribution in [2.45, 2.75) is 4.90 Å². The molecular formula is C26H17NO6S. The number of Topliss-reactive ketones (excluding diaryl/α,β-unsaturated/α-hetero) is 1. The number of furan rings is 2. The van der Waals surface area contributed by atoms with Crippen LogP contribution >= 0.6 is 0 Å². The quantitative estimate of drug-likeness (QED) is 0.344. The summed E-state index contributed by atoms with van der Waals surface area (Å²) in [5.74, 6) is -0.932. The highest BCUT2D eigenvalue weighted by atomic mass is 32.2. The molecule has 2 aromatic heterocycles. The van der Waals surface area contributed by atoms with E-state index >= 15 is 0 Å². The summed E-state index contributed by atoms with van der Waals surface area (Å²) >= 11 is 0. The number of para-hydroxylation sites is 2. The lowest BCUT2D eigenvalue weighted by Crippen LogP contribution is -2.35. The molecule has 3 aromatic carbocycles. The van der Waals surface area contributed by atoms with Gasteiger partial charge in [0.25, 0.3) is 10.0 Å². The van der Waals surface area contributed by atoms with Gasteiger partial charge in [0.15, 0.2) is 11.5 Å². The standard InChI is InChI=1S/C26H17NO6S/c1-27-23(24(28)17-10-4-7-13-21(17)34(27,30)31)25(29)26-22(16-9-3-6-12-19(16)33-26)20-14-15-8-2-5-11-18(15)32-20/h2-14,28H,1H3. The van der Waals surface area contributed by atoms with E-state index in [9.17, 15) is 18.3 Å². The van der Waals surface area contributed by atoms with Crippen molar-refractivity contribution in [3.05, 3.63) is 95.9 Å². The molecule has 0 saturated carbocycles. The highest BCUT2D eigenvalue weighted by molar-refractivity contribution is 7.89.